The summed E-state index contributed by atoms with van der Waals surface area (Å²) >= 11 is 0. The highest BCUT2D eigenvalue weighted by Crippen LogP contribution is 2.21. The van der Waals surface area contributed by atoms with Gasteiger partial charge in [-0.05, 0) is 13.8 Å². The van der Waals surface area contributed by atoms with Crippen LogP contribution in [0.2, 0.25) is 0 Å². The molecule has 3 N–H and O–H groups in total. The Labute approximate surface area is 74.8 Å². The molecular formula is C8H10N4O. The van der Waals surface area contributed by atoms with E-state index in [0.717, 1.165) is 11.3 Å². The first kappa shape index (κ1) is 7.85. The summed E-state index contributed by atoms with van der Waals surface area (Å²) < 4.78 is 1.62. The van der Waals surface area contributed by atoms with Crippen molar-refractivity contribution >= 4 is 11.3 Å². The van der Waals surface area contributed by atoms with E-state index in [9.17, 15) is 5.11 Å². The molecule has 0 atom stereocenters. The fourth-order valence-corrected chi connectivity index (χ4v) is 1.22. The Morgan fingerprint density at radius 1 is 1.46 bits per heavy atom. The lowest BCUT2D eigenvalue weighted by Crippen LogP contribution is -1.99. The van der Waals surface area contributed by atoms with E-state index in [1.165, 1.54) is 6.20 Å². The molecule has 0 aromatic carbocycles. The smallest absolute Gasteiger partial charge is 0.217 e. The standard InChI is InChI=1S/C8H10N4O/c1-4-5(2)12-7(11-8(4)13)6(9)3-10-12/h3H,9H2,1-2H3,(H,11,13). The first-order valence-corrected chi connectivity index (χ1v) is 3.90. The summed E-state index contributed by atoms with van der Waals surface area (Å²) in [6.07, 6.45) is 1.52. The molecule has 2 heterocycles. The molecule has 0 aliphatic rings. The highest BCUT2D eigenvalue weighted by atomic mass is 16.3. The molecule has 0 aliphatic heterocycles. The van der Waals surface area contributed by atoms with Crippen molar-refractivity contribution in [2.24, 2.45) is 0 Å². The number of hydrogen-bond donors (Lipinski definition) is 2. The second-order valence-electron chi connectivity index (χ2n) is 2.98. The number of nitrogens with two attached hydrogens (primary N) is 1. The molecule has 5 heteroatoms. The van der Waals surface area contributed by atoms with Crippen LogP contribution in [0.25, 0.3) is 5.65 Å². The molecule has 68 valence electrons. The van der Waals surface area contributed by atoms with Gasteiger partial charge < -0.3 is 10.8 Å². The number of rotatable bonds is 0. The third-order valence-corrected chi connectivity index (χ3v) is 2.18. The van der Waals surface area contributed by atoms with Gasteiger partial charge in [0.15, 0.2) is 5.65 Å². The van der Waals surface area contributed by atoms with Crippen molar-refractivity contribution < 1.29 is 5.11 Å². The maximum atomic E-state index is 9.43. The largest absolute Gasteiger partial charge is 0.493 e. The van der Waals surface area contributed by atoms with E-state index in [0.29, 0.717) is 11.3 Å². The van der Waals surface area contributed by atoms with Crippen molar-refractivity contribution in [1.82, 2.24) is 14.6 Å². The Morgan fingerprint density at radius 2 is 2.15 bits per heavy atom. The van der Waals surface area contributed by atoms with Crippen LogP contribution in [0.4, 0.5) is 5.69 Å². The predicted octanol–water partition coefficient (Wildman–Crippen LogP) is 0.634. The van der Waals surface area contributed by atoms with Gasteiger partial charge in [-0.3, -0.25) is 0 Å². The molecule has 0 radical (unpaired) electrons. The van der Waals surface area contributed by atoms with Crippen molar-refractivity contribution in [2.75, 3.05) is 5.73 Å². The maximum absolute atomic E-state index is 9.43. The van der Waals surface area contributed by atoms with Gasteiger partial charge in [0.25, 0.3) is 0 Å². The number of fused-ring (bicyclic) bond motifs is 1. The van der Waals surface area contributed by atoms with Crippen LogP contribution in [0, 0.1) is 13.8 Å². The number of hydrogen-bond acceptors (Lipinski definition) is 4. The summed E-state index contributed by atoms with van der Waals surface area (Å²) in [7, 11) is 0. The van der Waals surface area contributed by atoms with Crippen LogP contribution in [-0.2, 0) is 0 Å². The number of nitrogens with zero attached hydrogens (tertiary/aromatic N) is 3. The van der Waals surface area contributed by atoms with E-state index in [4.69, 9.17) is 5.73 Å². The summed E-state index contributed by atoms with van der Waals surface area (Å²) in [5.74, 6) is 0.0113. The molecule has 2 rings (SSSR count). The van der Waals surface area contributed by atoms with Crippen LogP contribution < -0.4 is 5.73 Å². The average Bonchev–Trinajstić information content (AvgIpc) is 2.45. The quantitative estimate of drug-likeness (QED) is 0.620. The Balaban J connectivity index is 2.96. The zero-order chi connectivity index (χ0) is 9.59. The van der Waals surface area contributed by atoms with Crippen LogP contribution >= 0.6 is 0 Å². The molecule has 0 unspecified atom stereocenters. The highest BCUT2D eigenvalue weighted by Gasteiger charge is 2.10. The lowest BCUT2D eigenvalue weighted by Gasteiger charge is -2.04. The molecule has 2 aromatic rings. The monoisotopic (exact) mass is 178 g/mol. The Morgan fingerprint density at radius 3 is 2.85 bits per heavy atom. The molecule has 13 heavy (non-hydrogen) atoms. The van der Waals surface area contributed by atoms with E-state index >= 15 is 0 Å². The molecule has 0 spiro atoms. The van der Waals surface area contributed by atoms with Gasteiger partial charge >= 0.3 is 0 Å². The topological polar surface area (TPSA) is 76.4 Å². The van der Waals surface area contributed by atoms with Crippen molar-refractivity contribution in [1.29, 1.82) is 0 Å². The Hall–Kier alpha value is -1.78. The summed E-state index contributed by atoms with van der Waals surface area (Å²) in [5, 5.41) is 13.5. The first-order valence-electron chi connectivity index (χ1n) is 3.90. The third kappa shape index (κ3) is 0.932. The Kier molecular flexibility index (Phi) is 1.42. The molecule has 0 aliphatic carbocycles. The number of aryl methyl sites for hydroxylation is 1. The minimum atomic E-state index is 0.0113. The van der Waals surface area contributed by atoms with Crippen LogP contribution in [0.3, 0.4) is 0 Å². The minimum Gasteiger partial charge on any atom is -0.493 e. The lowest BCUT2D eigenvalue weighted by atomic mass is 10.2. The minimum absolute atomic E-state index is 0.0113. The molecule has 2 aromatic heterocycles. The van der Waals surface area contributed by atoms with Gasteiger partial charge in [-0.15, -0.1) is 0 Å². The normalized spacial score (nSPS) is 10.9. The fourth-order valence-electron chi connectivity index (χ4n) is 1.22. The first-order chi connectivity index (χ1) is 6.11. The Bertz CT molecular complexity index is 474. The number of aromatic hydroxyl groups is 1. The second-order valence-corrected chi connectivity index (χ2v) is 2.98. The number of nitrogen functional groups attached to an aromatic ring is 1. The zero-order valence-electron chi connectivity index (χ0n) is 7.44. The zero-order valence-corrected chi connectivity index (χ0v) is 7.44. The van der Waals surface area contributed by atoms with Gasteiger partial charge in [0, 0.05) is 11.3 Å². The van der Waals surface area contributed by atoms with Gasteiger partial charge in [-0.25, -0.2) is 4.52 Å². The van der Waals surface area contributed by atoms with Crippen LogP contribution in [0.5, 0.6) is 5.88 Å². The molecule has 0 saturated carbocycles. The summed E-state index contributed by atoms with van der Waals surface area (Å²) in [6.45, 7) is 3.64. The summed E-state index contributed by atoms with van der Waals surface area (Å²) in [5.41, 5.74) is 8.14. The number of anilines is 1. The highest BCUT2D eigenvalue weighted by molar-refractivity contribution is 5.64. The SMILES string of the molecule is Cc1c(O)nc2c(N)cnn2c1C. The van der Waals surface area contributed by atoms with Crippen molar-refractivity contribution in [3.8, 4) is 5.88 Å². The van der Waals surface area contributed by atoms with E-state index < -0.39 is 0 Å². The molecule has 0 saturated heterocycles. The summed E-state index contributed by atoms with van der Waals surface area (Å²) in [4.78, 5) is 3.93. The van der Waals surface area contributed by atoms with Crippen LogP contribution in [-0.4, -0.2) is 19.7 Å². The van der Waals surface area contributed by atoms with Crippen LogP contribution in [0.1, 0.15) is 11.3 Å². The maximum Gasteiger partial charge on any atom is 0.217 e. The molecular weight excluding hydrogens is 168 g/mol. The van der Waals surface area contributed by atoms with E-state index in [1.54, 1.807) is 11.4 Å². The van der Waals surface area contributed by atoms with Gasteiger partial charge in [0.1, 0.15) is 0 Å². The molecule has 0 fully saturated rings. The van der Waals surface area contributed by atoms with Gasteiger partial charge in [-0.2, -0.15) is 10.1 Å². The van der Waals surface area contributed by atoms with E-state index in [-0.39, 0.29) is 5.88 Å². The summed E-state index contributed by atoms with van der Waals surface area (Å²) in [6, 6.07) is 0. The fraction of sp³-hybridized carbons (Fsp3) is 0.250. The second kappa shape index (κ2) is 2.35. The van der Waals surface area contributed by atoms with Crippen molar-refractivity contribution in [3.63, 3.8) is 0 Å². The van der Waals surface area contributed by atoms with Crippen LogP contribution in [0.15, 0.2) is 6.20 Å². The van der Waals surface area contributed by atoms with Gasteiger partial charge in [-0.1, -0.05) is 0 Å². The molecule has 0 bridgehead atoms. The van der Waals surface area contributed by atoms with Crippen molar-refractivity contribution in [3.05, 3.63) is 17.5 Å². The van der Waals surface area contributed by atoms with E-state index in [2.05, 4.69) is 10.1 Å². The lowest BCUT2D eigenvalue weighted by molar-refractivity contribution is 0.447. The molecule has 0 amide bonds. The van der Waals surface area contributed by atoms with Gasteiger partial charge in [0.05, 0.1) is 11.9 Å². The average molecular weight is 178 g/mol. The third-order valence-electron chi connectivity index (χ3n) is 2.18. The number of aromatic nitrogens is 3. The van der Waals surface area contributed by atoms with Crippen molar-refractivity contribution in [2.45, 2.75) is 13.8 Å². The predicted molar refractivity (Wildman–Crippen MR) is 48.5 cm³/mol. The van der Waals surface area contributed by atoms with Gasteiger partial charge in [0.2, 0.25) is 5.88 Å². The molecule has 5 nitrogen and oxygen atoms in total. The van der Waals surface area contributed by atoms with E-state index in [1.807, 2.05) is 6.92 Å².